The molecule has 3 unspecified atom stereocenters. The van der Waals surface area contributed by atoms with Crippen LogP contribution in [0.15, 0.2) is 12.2 Å². The van der Waals surface area contributed by atoms with Gasteiger partial charge in [-0.1, -0.05) is 39.2 Å². The summed E-state index contributed by atoms with van der Waals surface area (Å²) < 4.78 is 10.2. The highest BCUT2D eigenvalue weighted by Crippen LogP contribution is 2.39. The first-order chi connectivity index (χ1) is 8.65. The molecule has 0 aromatic rings. The average Bonchev–Trinajstić information content (AvgIpc) is 2.80. The van der Waals surface area contributed by atoms with Crippen LogP contribution in [0.3, 0.4) is 0 Å². The fourth-order valence-corrected chi connectivity index (χ4v) is 2.67. The zero-order valence-electron chi connectivity index (χ0n) is 10.8. The Balaban J connectivity index is 1.84. The highest BCUT2D eigenvalue weighted by molar-refractivity contribution is 5.97. The molecular formula is C14H20O4. The van der Waals surface area contributed by atoms with E-state index in [0.717, 1.165) is 19.3 Å². The molecule has 2 fully saturated rings. The maximum atomic E-state index is 11.6. The molecule has 4 heteroatoms. The maximum absolute atomic E-state index is 11.6. The second-order valence-corrected chi connectivity index (χ2v) is 5.06. The monoisotopic (exact) mass is 252 g/mol. The minimum absolute atomic E-state index is 0.219. The van der Waals surface area contributed by atoms with E-state index in [-0.39, 0.29) is 12.0 Å². The highest BCUT2D eigenvalue weighted by atomic mass is 16.6. The van der Waals surface area contributed by atoms with Crippen molar-refractivity contribution in [1.82, 2.24) is 0 Å². The first-order valence-electron chi connectivity index (χ1n) is 6.75. The van der Waals surface area contributed by atoms with Crippen LogP contribution in [0.2, 0.25) is 0 Å². The summed E-state index contributed by atoms with van der Waals surface area (Å²) in [6.07, 6.45) is 5.67. The van der Waals surface area contributed by atoms with E-state index < -0.39 is 18.0 Å². The molecule has 2 aliphatic rings. The van der Waals surface area contributed by atoms with E-state index in [1.807, 2.05) is 0 Å². The minimum Gasteiger partial charge on any atom is -0.459 e. The van der Waals surface area contributed by atoms with E-state index in [4.69, 9.17) is 9.47 Å². The Hall–Kier alpha value is -1.32. The van der Waals surface area contributed by atoms with Gasteiger partial charge in [0.05, 0.1) is 5.92 Å². The van der Waals surface area contributed by atoms with E-state index in [2.05, 4.69) is 13.5 Å². The van der Waals surface area contributed by atoms with E-state index in [1.54, 1.807) is 0 Å². The van der Waals surface area contributed by atoms with Crippen molar-refractivity contribution in [3.63, 3.8) is 0 Å². The van der Waals surface area contributed by atoms with Gasteiger partial charge in [-0.05, 0) is 12.8 Å². The van der Waals surface area contributed by atoms with Crippen LogP contribution in [0.5, 0.6) is 0 Å². The molecule has 2 rings (SSSR count). The molecule has 0 radical (unpaired) electrons. The van der Waals surface area contributed by atoms with Gasteiger partial charge in [0, 0.05) is 5.57 Å². The van der Waals surface area contributed by atoms with Crippen LogP contribution in [-0.2, 0) is 19.1 Å². The van der Waals surface area contributed by atoms with E-state index in [9.17, 15) is 9.59 Å². The molecule has 0 aromatic carbocycles. The van der Waals surface area contributed by atoms with Gasteiger partial charge >= 0.3 is 11.9 Å². The Morgan fingerprint density at radius 2 is 1.83 bits per heavy atom. The topological polar surface area (TPSA) is 52.6 Å². The van der Waals surface area contributed by atoms with Crippen LogP contribution >= 0.6 is 0 Å². The number of ether oxygens (including phenoxy) is 2. The molecule has 0 spiro atoms. The molecule has 2 heterocycles. The van der Waals surface area contributed by atoms with Crippen molar-refractivity contribution in [2.45, 2.75) is 57.7 Å². The maximum Gasteiger partial charge on any atom is 0.348 e. The molecule has 0 N–H and O–H groups in total. The van der Waals surface area contributed by atoms with Gasteiger partial charge in [-0.25, -0.2) is 9.59 Å². The quantitative estimate of drug-likeness (QED) is 0.414. The van der Waals surface area contributed by atoms with Gasteiger partial charge < -0.3 is 9.47 Å². The number of carbonyl (C=O) groups is 2. The van der Waals surface area contributed by atoms with Crippen LogP contribution in [0.4, 0.5) is 0 Å². The number of carbonyl (C=O) groups excluding carboxylic acids is 2. The predicted molar refractivity (Wildman–Crippen MR) is 65.8 cm³/mol. The van der Waals surface area contributed by atoms with E-state index in [1.165, 1.54) is 19.3 Å². The molecule has 0 amide bonds. The molecule has 0 aromatic heterocycles. The first-order valence-corrected chi connectivity index (χ1v) is 6.75. The van der Waals surface area contributed by atoms with Gasteiger partial charge in [0.1, 0.15) is 6.10 Å². The van der Waals surface area contributed by atoms with Gasteiger partial charge in [-0.3, -0.25) is 0 Å². The summed E-state index contributed by atoms with van der Waals surface area (Å²) in [7, 11) is 0. The van der Waals surface area contributed by atoms with Crippen molar-refractivity contribution < 1.29 is 19.1 Å². The van der Waals surface area contributed by atoms with Gasteiger partial charge in [0.25, 0.3) is 0 Å². The van der Waals surface area contributed by atoms with Crippen LogP contribution < -0.4 is 0 Å². The Kier molecular flexibility index (Phi) is 4.04. The third kappa shape index (κ3) is 2.42. The lowest BCUT2D eigenvalue weighted by molar-refractivity contribution is -0.156. The lowest BCUT2D eigenvalue weighted by atomic mass is 9.90. The summed E-state index contributed by atoms with van der Waals surface area (Å²) >= 11 is 0. The van der Waals surface area contributed by atoms with Crippen LogP contribution in [0.25, 0.3) is 0 Å². The molecular weight excluding hydrogens is 232 g/mol. The summed E-state index contributed by atoms with van der Waals surface area (Å²) in [6.45, 7) is 5.89. The third-order valence-corrected chi connectivity index (χ3v) is 3.72. The van der Waals surface area contributed by atoms with Gasteiger partial charge in [-0.15, -0.1) is 0 Å². The molecule has 0 bridgehead atoms. The second-order valence-electron chi connectivity index (χ2n) is 5.06. The second kappa shape index (κ2) is 5.55. The van der Waals surface area contributed by atoms with E-state index in [0.29, 0.717) is 5.57 Å². The number of fused-ring (bicyclic) bond motifs is 1. The summed E-state index contributed by atoms with van der Waals surface area (Å²) in [6, 6.07) is 0. The Labute approximate surface area is 107 Å². The summed E-state index contributed by atoms with van der Waals surface area (Å²) in [5.74, 6) is -1.11. The van der Waals surface area contributed by atoms with Crippen LogP contribution in [0.1, 0.15) is 45.4 Å². The highest BCUT2D eigenvalue weighted by Gasteiger charge is 2.54. The van der Waals surface area contributed by atoms with Crippen molar-refractivity contribution in [1.29, 1.82) is 0 Å². The first kappa shape index (κ1) is 13.1. The fraction of sp³-hybridized carbons (Fsp3) is 0.714. The lowest BCUT2D eigenvalue weighted by Crippen LogP contribution is -2.21. The van der Waals surface area contributed by atoms with Gasteiger partial charge in [0.15, 0.2) is 0 Å². The Morgan fingerprint density at radius 1 is 1.11 bits per heavy atom. The lowest BCUT2D eigenvalue weighted by Gasteiger charge is -2.14. The molecule has 2 aliphatic heterocycles. The van der Waals surface area contributed by atoms with Gasteiger partial charge in [-0.2, -0.15) is 0 Å². The molecule has 0 aliphatic carbocycles. The predicted octanol–water partition coefficient (Wildman–Crippen LogP) is 2.37. The molecule has 3 atom stereocenters. The summed E-state index contributed by atoms with van der Waals surface area (Å²) in [4.78, 5) is 22.9. The SMILES string of the molecule is C=C1C(=O)OC2C(=O)OC(CCCCCCC)C12. The molecule has 18 heavy (non-hydrogen) atoms. The van der Waals surface area contributed by atoms with E-state index >= 15 is 0 Å². The molecule has 4 nitrogen and oxygen atoms in total. The Bertz CT molecular complexity index is 361. The molecule has 2 saturated heterocycles. The smallest absolute Gasteiger partial charge is 0.348 e. The van der Waals surface area contributed by atoms with Crippen molar-refractivity contribution in [3.8, 4) is 0 Å². The Morgan fingerprint density at radius 3 is 2.56 bits per heavy atom. The summed E-state index contributed by atoms with van der Waals surface area (Å²) in [5, 5.41) is 0. The van der Waals surface area contributed by atoms with Crippen molar-refractivity contribution in [3.05, 3.63) is 12.2 Å². The largest absolute Gasteiger partial charge is 0.459 e. The number of rotatable bonds is 6. The number of esters is 2. The van der Waals surface area contributed by atoms with Crippen molar-refractivity contribution in [2.75, 3.05) is 0 Å². The number of unbranched alkanes of at least 4 members (excludes halogenated alkanes) is 4. The fourth-order valence-electron chi connectivity index (χ4n) is 2.67. The number of cyclic esters (lactones) is 1. The standard InChI is InChI=1S/C14H20O4/c1-3-4-5-6-7-8-10-11-9(2)13(15)18-12(11)14(16)17-10/h10-12H,2-8H2,1H3. The van der Waals surface area contributed by atoms with Crippen LogP contribution in [0, 0.1) is 5.92 Å². The molecule has 0 saturated carbocycles. The zero-order valence-corrected chi connectivity index (χ0v) is 10.8. The zero-order chi connectivity index (χ0) is 13.1. The van der Waals surface area contributed by atoms with Crippen molar-refractivity contribution in [2.24, 2.45) is 5.92 Å². The minimum atomic E-state index is -0.731. The van der Waals surface area contributed by atoms with Crippen molar-refractivity contribution >= 4 is 11.9 Å². The third-order valence-electron chi connectivity index (χ3n) is 3.72. The molecule has 100 valence electrons. The van der Waals surface area contributed by atoms with Gasteiger partial charge in [0.2, 0.25) is 6.10 Å². The number of hydrogen-bond donors (Lipinski definition) is 0. The number of hydrogen-bond acceptors (Lipinski definition) is 4. The summed E-state index contributed by atoms with van der Waals surface area (Å²) in [5.41, 5.74) is 0.393. The normalized spacial score (nSPS) is 30.3. The van der Waals surface area contributed by atoms with Crippen LogP contribution in [-0.4, -0.2) is 24.1 Å². The average molecular weight is 252 g/mol.